The van der Waals surface area contributed by atoms with Gasteiger partial charge in [-0.3, -0.25) is 4.79 Å². The molecule has 0 radical (unpaired) electrons. The normalized spacial score (nSPS) is 10.9. The lowest BCUT2D eigenvalue weighted by Crippen LogP contribution is -2.37. The minimum absolute atomic E-state index is 0.0852. The number of hydrogen-bond acceptors (Lipinski definition) is 4. The molecule has 0 bridgehead atoms. The maximum atomic E-state index is 11.8. The Morgan fingerprint density at radius 2 is 2.00 bits per heavy atom. The van der Waals surface area contributed by atoms with E-state index < -0.39 is 31.1 Å². The molecule has 1 rings (SSSR count). The molecule has 1 aromatic rings. The standard InChI is InChI=1S/C10H10F3N3O3/c11-10(12,13)5-15-8(17)4-14-7-3-1-2-6(16-7)9(18)19/h1-3H,4-5H2,(H,14,16)(H,15,17)(H,18,19). The number of carbonyl (C=O) groups excluding carboxylic acids is 1. The predicted octanol–water partition coefficient (Wildman–Crippen LogP) is 0.870. The molecule has 6 nitrogen and oxygen atoms in total. The third-order valence-corrected chi connectivity index (χ3v) is 1.88. The molecule has 104 valence electrons. The van der Waals surface area contributed by atoms with Gasteiger partial charge in [0.05, 0.1) is 6.54 Å². The zero-order chi connectivity index (χ0) is 14.5. The van der Waals surface area contributed by atoms with Crippen LogP contribution in [0.2, 0.25) is 0 Å². The molecule has 0 saturated carbocycles. The number of amides is 1. The van der Waals surface area contributed by atoms with Crippen molar-refractivity contribution in [2.45, 2.75) is 6.18 Å². The van der Waals surface area contributed by atoms with Crippen molar-refractivity contribution in [3.8, 4) is 0 Å². The number of rotatable bonds is 5. The summed E-state index contributed by atoms with van der Waals surface area (Å²) < 4.78 is 35.4. The van der Waals surface area contributed by atoms with Gasteiger partial charge in [0.2, 0.25) is 5.91 Å². The lowest BCUT2D eigenvalue weighted by Gasteiger charge is -2.09. The van der Waals surface area contributed by atoms with E-state index in [1.165, 1.54) is 18.2 Å². The first-order valence-corrected chi connectivity index (χ1v) is 5.05. The second kappa shape index (κ2) is 6.03. The quantitative estimate of drug-likeness (QED) is 0.742. The molecule has 0 aromatic carbocycles. The van der Waals surface area contributed by atoms with Crippen LogP contribution in [0.4, 0.5) is 19.0 Å². The summed E-state index contributed by atoms with van der Waals surface area (Å²) in [6.07, 6.45) is -4.48. The molecule has 3 N–H and O–H groups in total. The van der Waals surface area contributed by atoms with Crippen molar-refractivity contribution in [3.05, 3.63) is 23.9 Å². The summed E-state index contributed by atoms with van der Waals surface area (Å²) >= 11 is 0. The molecule has 19 heavy (non-hydrogen) atoms. The van der Waals surface area contributed by atoms with Gasteiger partial charge in [-0.05, 0) is 12.1 Å². The summed E-state index contributed by atoms with van der Waals surface area (Å²) in [5.41, 5.74) is -0.235. The SMILES string of the molecule is O=C(CNc1cccc(C(=O)O)n1)NCC(F)(F)F. The molecule has 0 fully saturated rings. The number of pyridine rings is 1. The molecule has 0 aliphatic carbocycles. The van der Waals surface area contributed by atoms with Crippen LogP contribution in [-0.2, 0) is 4.79 Å². The number of carboxylic acid groups (broad SMARTS) is 1. The number of aromatic carboxylic acids is 1. The van der Waals surface area contributed by atoms with Gasteiger partial charge in [-0.2, -0.15) is 13.2 Å². The zero-order valence-electron chi connectivity index (χ0n) is 9.49. The number of anilines is 1. The van der Waals surface area contributed by atoms with E-state index in [4.69, 9.17) is 5.11 Å². The van der Waals surface area contributed by atoms with Crippen LogP contribution in [0, 0.1) is 0 Å². The lowest BCUT2D eigenvalue weighted by atomic mass is 10.3. The zero-order valence-corrected chi connectivity index (χ0v) is 9.49. The van der Waals surface area contributed by atoms with Crippen LogP contribution < -0.4 is 10.6 Å². The Morgan fingerprint density at radius 1 is 1.32 bits per heavy atom. The molecular formula is C10H10F3N3O3. The number of nitrogens with one attached hydrogen (secondary N) is 2. The largest absolute Gasteiger partial charge is 0.477 e. The minimum atomic E-state index is -4.48. The number of hydrogen-bond donors (Lipinski definition) is 3. The summed E-state index contributed by atoms with van der Waals surface area (Å²) in [6, 6.07) is 4.03. The Kier molecular flexibility index (Phi) is 4.67. The van der Waals surface area contributed by atoms with Gasteiger partial charge in [-0.1, -0.05) is 6.07 Å². The highest BCUT2D eigenvalue weighted by atomic mass is 19.4. The average Bonchev–Trinajstić information content (AvgIpc) is 2.33. The fourth-order valence-corrected chi connectivity index (χ4v) is 1.08. The van der Waals surface area contributed by atoms with Crippen molar-refractivity contribution in [1.82, 2.24) is 10.3 Å². The molecule has 0 spiro atoms. The molecule has 0 saturated heterocycles. The second-order valence-electron chi connectivity index (χ2n) is 3.46. The molecule has 1 amide bonds. The Bertz CT molecular complexity index is 477. The first-order valence-electron chi connectivity index (χ1n) is 5.05. The maximum absolute atomic E-state index is 11.8. The van der Waals surface area contributed by atoms with Gasteiger partial charge >= 0.3 is 12.1 Å². The van der Waals surface area contributed by atoms with Gasteiger partial charge in [0, 0.05) is 0 Å². The van der Waals surface area contributed by atoms with E-state index in [1.54, 1.807) is 5.32 Å². The number of halogens is 3. The predicted molar refractivity (Wildman–Crippen MR) is 58.8 cm³/mol. The van der Waals surface area contributed by atoms with E-state index in [1.807, 2.05) is 0 Å². The third kappa shape index (κ3) is 5.70. The van der Waals surface area contributed by atoms with Gasteiger partial charge in [0.15, 0.2) is 5.69 Å². The van der Waals surface area contributed by atoms with Crippen LogP contribution in [0.5, 0.6) is 0 Å². The Hall–Kier alpha value is -2.32. The number of alkyl halides is 3. The van der Waals surface area contributed by atoms with E-state index in [-0.39, 0.29) is 11.5 Å². The summed E-state index contributed by atoms with van der Waals surface area (Å²) in [4.78, 5) is 25.3. The number of nitrogens with zero attached hydrogens (tertiary/aromatic N) is 1. The lowest BCUT2D eigenvalue weighted by molar-refractivity contribution is -0.137. The van der Waals surface area contributed by atoms with Crippen molar-refractivity contribution in [3.63, 3.8) is 0 Å². The van der Waals surface area contributed by atoms with Crippen LogP contribution in [0.15, 0.2) is 18.2 Å². The van der Waals surface area contributed by atoms with E-state index in [0.717, 1.165) is 0 Å². The van der Waals surface area contributed by atoms with Crippen molar-refractivity contribution in [1.29, 1.82) is 0 Å². The van der Waals surface area contributed by atoms with Gasteiger partial charge < -0.3 is 15.7 Å². The van der Waals surface area contributed by atoms with Crippen LogP contribution in [-0.4, -0.2) is 41.2 Å². The molecule has 9 heteroatoms. The van der Waals surface area contributed by atoms with Crippen LogP contribution in [0.1, 0.15) is 10.5 Å². The highest BCUT2D eigenvalue weighted by molar-refractivity contribution is 5.86. The molecule has 0 aliphatic rings. The smallest absolute Gasteiger partial charge is 0.405 e. The maximum Gasteiger partial charge on any atom is 0.405 e. The second-order valence-corrected chi connectivity index (χ2v) is 3.46. The summed E-state index contributed by atoms with van der Waals surface area (Å²) in [5, 5.41) is 12.7. The number of aromatic nitrogens is 1. The molecule has 0 atom stereocenters. The number of carbonyl (C=O) groups is 2. The molecule has 1 aromatic heterocycles. The van der Waals surface area contributed by atoms with Gasteiger partial charge in [-0.15, -0.1) is 0 Å². The van der Waals surface area contributed by atoms with Gasteiger partial charge in [-0.25, -0.2) is 9.78 Å². The topological polar surface area (TPSA) is 91.3 Å². The van der Waals surface area contributed by atoms with Crippen molar-refractivity contribution >= 4 is 17.7 Å². The fourth-order valence-electron chi connectivity index (χ4n) is 1.08. The molecule has 0 unspecified atom stereocenters. The Morgan fingerprint density at radius 3 is 2.58 bits per heavy atom. The first-order chi connectivity index (χ1) is 8.78. The van der Waals surface area contributed by atoms with Crippen LogP contribution in [0.25, 0.3) is 0 Å². The van der Waals surface area contributed by atoms with Crippen LogP contribution >= 0.6 is 0 Å². The van der Waals surface area contributed by atoms with E-state index >= 15 is 0 Å². The monoisotopic (exact) mass is 277 g/mol. The first kappa shape index (κ1) is 14.7. The summed E-state index contributed by atoms with van der Waals surface area (Å²) in [7, 11) is 0. The minimum Gasteiger partial charge on any atom is -0.477 e. The van der Waals surface area contributed by atoms with Gasteiger partial charge in [0.1, 0.15) is 12.4 Å². The summed E-state index contributed by atoms with van der Waals surface area (Å²) in [5.74, 6) is -2.04. The van der Waals surface area contributed by atoms with Crippen molar-refractivity contribution in [2.24, 2.45) is 0 Å². The van der Waals surface area contributed by atoms with Crippen molar-refractivity contribution < 1.29 is 27.9 Å². The fraction of sp³-hybridized carbons (Fsp3) is 0.300. The number of carboxylic acids is 1. The van der Waals surface area contributed by atoms with Crippen LogP contribution in [0.3, 0.4) is 0 Å². The average molecular weight is 277 g/mol. The van der Waals surface area contributed by atoms with Crippen molar-refractivity contribution in [2.75, 3.05) is 18.4 Å². The molecular weight excluding hydrogens is 267 g/mol. The van der Waals surface area contributed by atoms with E-state index in [0.29, 0.717) is 0 Å². The Balaban J connectivity index is 2.46. The van der Waals surface area contributed by atoms with Gasteiger partial charge in [0.25, 0.3) is 0 Å². The van der Waals surface area contributed by atoms with E-state index in [2.05, 4.69) is 10.3 Å². The Labute approximate surface area is 105 Å². The highest BCUT2D eigenvalue weighted by Crippen LogP contribution is 2.12. The third-order valence-electron chi connectivity index (χ3n) is 1.88. The highest BCUT2D eigenvalue weighted by Gasteiger charge is 2.27. The molecule has 1 heterocycles. The van der Waals surface area contributed by atoms with E-state index in [9.17, 15) is 22.8 Å². The summed E-state index contributed by atoms with van der Waals surface area (Å²) in [6.45, 7) is -1.86. The molecule has 0 aliphatic heterocycles.